The molecule has 4 bridgehead atoms. The highest BCUT2D eigenvalue weighted by Crippen LogP contribution is 2.62. The number of amides is 2. The molecule has 7 heteroatoms. The quantitative estimate of drug-likeness (QED) is 0.394. The van der Waals surface area contributed by atoms with Crippen molar-refractivity contribution in [3.63, 3.8) is 0 Å². The van der Waals surface area contributed by atoms with Gasteiger partial charge in [-0.25, -0.2) is 0 Å². The highest BCUT2D eigenvalue weighted by atomic mass is 16.4. The van der Waals surface area contributed by atoms with Crippen LogP contribution in [-0.4, -0.2) is 50.4 Å². The maximum atomic E-state index is 13.3. The lowest BCUT2D eigenvalue weighted by Gasteiger charge is -2.60. The first kappa shape index (κ1) is 15.6. The molecule has 2 amide bonds. The smallest absolute Gasteiger partial charge is 0.273 e. The number of piperidine rings is 1. The van der Waals surface area contributed by atoms with Crippen molar-refractivity contribution < 1.29 is 19.9 Å². The average molecular weight is 347 g/mol. The fraction of sp³-hybridized carbons (Fsp3) is 0.833. The summed E-state index contributed by atoms with van der Waals surface area (Å²) in [5.74, 6) is 0.288. The highest BCUT2D eigenvalue weighted by molar-refractivity contribution is 6.41. The predicted octanol–water partition coefficient (Wildman–Crippen LogP) is 0.623. The van der Waals surface area contributed by atoms with E-state index >= 15 is 0 Å². The molecule has 5 saturated carbocycles. The first-order valence-corrected chi connectivity index (χ1v) is 9.41. The molecule has 0 spiro atoms. The van der Waals surface area contributed by atoms with Gasteiger partial charge >= 0.3 is 0 Å². The Bertz CT molecular complexity index is 676. The lowest BCUT2D eigenvalue weighted by atomic mass is 9.46. The summed E-state index contributed by atoms with van der Waals surface area (Å²) in [6, 6.07) is -0.538. The molecule has 1 heterocycles. The van der Waals surface area contributed by atoms with Gasteiger partial charge in [0.1, 0.15) is 6.04 Å². The van der Waals surface area contributed by atoms with E-state index in [-0.39, 0.29) is 17.7 Å². The molecule has 25 heavy (non-hydrogen) atoms. The fourth-order valence-corrected chi connectivity index (χ4v) is 6.99. The summed E-state index contributed by atoms with van der Waals surface area (Å²) in [5.41, 5.74) is 4.36. The summed E-state index contributed by atoms with van der Waals surface area (Å²) in [4.78, 5) is 26.6. The first-order chi connectivity index (χ1) is 11.8. The van der Waals surface area contributed by atoms with Crippen LogP contribution in [0.4, 0.5) is 0 Å². The molecule has 7 atom stereocenters. The number of carbonyl (C=O) groups excluding carboxylic acids is 2. The molecule has 0 radical (unpaired) electrons. The second-order valence-electron chi connectivity index (χ2n) is 9.34. The summed E-state index contributed by atoms with van der Waals surface area (Å²) in [7, 11) is 0. The molecule has 0 aromatic heterocycles. The van der Waals surface area contributed by atoms with Crippen LogP contribution in [-0.2, 0) is 9.59 Å². The number of hydrogen-bond acceptors (Lipinski definition) is 5. The van der Waals surface area contributed by atoms with E-state index in [0.29, 0.717) is 30.6 Å². The van der Waals surface area contributed by atoms with Gasteiger partial charge in [0.2, 0.25) is 5.91 Å². The van der Waals surface area contributed by atoms with E-state index in [1.807, 2.05) is 0 Å². The van der Waals surface area contributed by atoms with Gasteiger partial charge in [0.25, 0.3) is 5.91 Å². The monoisotopic (exact) mass is 347 g/mol. The minimum absolute atomic E-state index is 0.0544. The molecule has 0 aromatic carbocycles. The third-order valence-electron chi connectivity index (χ3n) is 7.50. The van der Waals surface area contributed by atoms with Crippen molar-refractivity contribution in [1.29, 1.82) is 0 Å². The number of carbonyl (C=O) groups is 2. The Morgan fingerprint density at radius 3 is 2.32 bits per heavy atom. The molecular formula is C18H25N3O4. The van der Waals surface area contributed by atoms with Crippen molar-refractivity contribution in [2.75, 3.05) is 0 Å². The van der Waals surface area contributed by atoms with E-state index in [1.165, 1.54) is 0 Å². The molecule has 5 aliphatic carbocycles. The Morgan fingerprint density at radius 2 is 1.76 bits per heavy atom. The number of oxime groups is 1. The van der Waals surface area contributed by atoms with E-state index in [9.17, 15) is 19.9 Å². The summed E-state index contributed by atoms with van der Waals surface area (Å²) < 4.78 is 0. The van der Waals surface area contributed by atoms with Gasteiger partial charge in [-0.1, -0.05) is 5.16 Å². The van der Waals surface area contributed by atoms with Crippen molar-refractivity contribution >= 4 is 17.5 Å². The number of primary amides is 1. The van der Waals surface area contributed by atoms with E-state index < -0.39 is 23.0 Å². The van der Waals surface area contributed by atoms with Crippen LogP contribution in [0.25, 0.3) is 0 Å². The van der Waals surface area contributed by atoms with Crippen LogP contribution >= 0.6 is 0 Å². The van der Waals surface area contributed by atoms with Crippen molar-refractivity contribution in [2.45, 2.75) is 69.1 Å². The van der Waals surface area contributed by atoms with Crippen molar-refractivity contribution in [3.05, 3.63) is 0 Å². The SMILES string of the molecule is NC(=O)[C@@H]1C[C@@H]2C[C@@H]2N1C(=O)C(=NO)C12C[C@@H]3C[C@@H](CC(O)(C3)C1)C2. The van der Waals surface area contributed by atoms with Crippen molar-refractivity contribution in [1.82, 2.24) is 4.90 Å². The number of rotatable bonds is 3. The fourth-order valence-electron chi connectivity index (χ4n) is 6.99. The first-order valence-electron chi connectivity index (χ1n) is 9.41. The molecule has 2 unspecified atom stereocenters. The Balaban J connectivity index is 1.48. The zero-order valence-electron chi connectivity index (χ0n) is 14.2. The van der Waals surface area contributed by atoms with Crippen LogP contribution in [0.5, 0.6) is 0 Å². The molecule has 6 aliphatic rings. The summed E-state index contributed by atoms with van der Waals surface area (Å²) in [6.07, 6.45) is 6.26. The molecule has 1 saturated heterocycles. The van der Waals surface area contributed by atoms with Gasteiger partial charge in [-0.3, -0.25) is 9.59 Å². The standard InChI is InChI=1S/C18H25N3O4/c19-15(22)13-3-11-2-12(11)21(13)16(23)14(20-25)17-4-9-1-10(5-17)7-18(24,6-9)8-17/h9-13,24-25H,1-8H2,(H2,19,22)/t9-,10+,11-,12-,13-,17?,18?/m0/s1. The van der Waals surface area contributed by atoms with Crippen LogP contribution in [0.15, 0.2) is 5.16 Å². The zero-order chi connectivity index (χ0) is 17.6. The molecule has 136 valence electrons. The highest BCUT2D eigenvalue weighted by Gasteiger charge is 2.63. The zero-order valence-corrected chi connectivity index (χ0v) is 14.2. The topological polar surface area (TPSA) is 116 Å². The molecule has 1 aliphatic heterocycles. The lowest BCUT2D eigenvalue weighted by molar-refractivity contribution is -0.147. The normalized spacial score (nSPS) is 50.0. The molecule has 6 rings (SSSR count). The van der Waals surface area contributed by atoms with Gasteiger partial charge in [-0.2, -0.15) is 0 Å². The summed E-state index contributed by atoms with van der Waals surface area (Å²) >= 11 is 0. The van der Waals surface area contributed by atoms with Crippen molar-refractivity contribution in [2.24, 2.45) is 34.1 Å². The Labute approximate surface area is 146 Å². The van der Waals surface area contributed by atoms with E-state index in [0.717, 1.165) is 38.5 Å². The van der Waals surface area contributed by atoms with Gasteiger partial charge in [0, 0.05) is 11.5 Å². The largest absolute Gasteiger partial charge is 0.410 e. The second-order valence-corrected chi connectivity index (χ2v) is 9.34. The summed E-state index contributed by atoms with van der Waals surface area (Å²) in [5, 5.41) is 24.2. The predicted molar refractivity (Wildman–Crippen MR) is 87.6 cm³/mol. The summed E-state index contributed by atoms with van der Waals surface area (Å²) in [6.45, 7) is 0. The van der Waals surface area contributed by atoms with Gasteiger partial charge in [-0.15, -0.1) is 0 Å². The number of fused-ring (bicyclic) bond motifs is 1. The second kappa shape index (κ2) is 4.75. The number of nitrogens with two attached hydrogens (primary N) is 1. The van der Waals surface area contributed by atoms with Gasteiger partial charge in [0.15, 0.2) is 5.71 Å². The number of nitrogens with zero attached hydrogens (tertiary/aromatic N) is 2. The van der Waals surface area contributed by atoms with Crippen LogP contribution in [0.3, 0.4) is 0 Å². The van der Waals surface area contributed by atoms with Gasteiger partial charge in [-0.05, 0) is 69.1 Å². The minimum Gasteiger partial charge on any atom is -0.410 e. The van der Waals surface area contributed by atoms with E-state index in [4.69, 9.17) is 5.73 Å². The molecule has 7 nitrogen and oxygen atoms in total. The molecule has 0 aromatic rings. The average Bonchev–Trinajstić information content (AvgIpc) is 3.15. The number of likely N-dealkylation sites (tertiary alicyclic amines) is 1. The minimum atomic E-state index is -0.740. The van der Waals surface area contributed by atoms with Crippen LogP contribution in [0, 0.1) is 23.2 Å². The van der Waals surface area contributed by atoms with E-state index in [2.05, 4.69) is 5.16 Å². The number of aliphatic hydroxyl groups is 1. The number of hydrogen-bond donors (Lipinski definition) is 3. The van der Waals surface area contributed by atoms with Crippen LogP contribution < -0.4 is 5.73 Å². The Morgan fingerprint density at radius 1 is 1.08 bits per heavy atom. The third-order valence-corrected chi connectivity index (χ3v) is 7.50. The molecule has 4 N–H and O–H groups in total. The molecular weight excluding hydrogens is 322 g/mol. The van der Waals surface area contributed by atoms with Crippen LogP contribution in [0.2, 0.25) is 0 Å². The maximum absolute atomic E-state index is 13.3. The Kier molecular flexibility index (Phi) is 2.97. The van der Waals surface area contributed by atoms with Gasteiger partial charge in [0.05, 0.1) is 5.60 Å². The maximum Gasteiger partial charge on any atom is 0.273 e. The van der Waals surface area contributed by atoms with Crippen molar-refractivity contribution in [3.8, 4) is 0 Å². The lowest BCUT2D eigenvalue weighted by Crippen LogP contribution is -2.61. The van der Waals surface area contributed by atoms with Gasteiger partial charge < -0.3 is 20.9 Å². The van der Waals surface area contributed by atoms with E-state index in [1.54, 1.807) is 4.90 Å². The Hall–Kier alpha value is -1.63. The van der Waals surface area contributed by atoms with Crippen LogP contribution in [0.1, 0.15) is 51.4 Å². The molecule has 6 fully saturated rings. The third kappa shape index (κ3) is 2.11.